The first-order valence-electron chi connectivity index (χ1n) is 6.30. The molecule has 0 saturated heterocycles. The van der Waals surface area contributed by atoms with Gasteiger partial charge in [-0.15, -0.1) is 0 Å². The van der Waals surface area contributed by atoms with E-state index in [2.05, 4.69) is 18.7 Å². The Balaban J connectivity index is 2.39. The number of nitrogen functional groups attached to an aromatic ring is 1. The Bertz CT molecular complexity index is 456. The van der Waals surface area contributed by atoms with Crippen LogP contribution in [0.25, 0.3) is 0 Å². The number of hydrogen-bond acceptors (Lipinski definition) is 4. The van der Waals surface area contributed by atoms with Crippen LogP contribution in [0.1, 0.15) is 26.7 Å². The summed E-state index contributed by atoms with van der Waals surface area (Å²) in [6.07, 6.45) is 2.44. The third kappa shape index (κ3) is 2.55. The average molecular weight is 249 g/mol. The zero-order valence-electron chi connectivity index (χ0n) is 10.8. The van der Waals surface area contributed by atoms with Crippen molar-refractivity contribution in [2.75, 3.05) is 17.2 Å². The third-order valence-electron chi connectivity index (χ3n) is 3.31. The monoisotopic (exact) mass is 249 g/mol. The highest BCUT2D eigenvalue weighted by molar-refractivity contribution is 5.75. The van der Waals surface area contributed by atoms with Gasteiger partial charge in [0.1, 0.15) is 11.4 Å². The third-order valence-corrected chi connectivity index (χ3v) is 3.31. The van der Waals surface area contributed by atoms with Crippen LogP contribution in [-0.4, -0.2) is 17.5 Å². The molecule has 1 aromatic rings. The fraction of sp³-hybridized carbons (Fsp3) is 0.538. The minimum atomic E-state index is -0.382. The zero-order valence-corrected chi connectivity index (χ0v) is 10.8. The molecule has 1 aliphatic carbocycles. The van der Waals surface area contributed by atoms with E-state index in [-0.39, 0.29) is 22.3 Å². The van der Waals surface area contributed by atoms with Crippen LogP contribution < -0.4 is 10.6 Å². The summed E-state index contributed by atoms with van der Waals surface area (Å²) in [5.74, 6) is 0.674. The number of benzene rings is 1. The Kier molecular flexibility index (Phi) is 3.41. The molecule has 1 aromatic carbocycles. The number of nitro benzene ring substituents is 1. The maximum absolute atomic E-state index is 11.2. The van der Waals surface area contributed by atoms with Crippen molar-refractivity contribution in [3.63, 3.8) is 0 Å². The van der Waals surface area contributed by atoms with Crippen molar-refractivity contribution in [2.24, 2.45) is 5.92 Å². The van der Waals surface area contributed by atoms with E-state index in [1.54, 1.807) is 18.2 Å². The van der Waals surface area contributed by atoms with Crippen molar-refractivity contribution < 1.29 is 4.92 Å². The van der Waals surface area contributed by atoms with Crippen LogP contribution in [0, 0.1) is 16.0 Å². The Hall–Kier alpha value is -1.78. The van der Waals surface area contributed by atoms with Gasteiger partial charge in [-0.1, -0.05) is 6.07 Å². The summed E-state index contributed by atoms with van der Waals surface area (Å²) in [5, 5.41) is 11.2. The first-order valence-corrected chi connectivity index (χ1v) is 6.30. The topological polar surface area (TPSA) is 72.4 Å². The summed E-state index contributed by atoms with van der Waals surface area (Å²) < 4.78 is 0. The second kappa shape index (κ2) is 4.84. The van der Waals surface area contributed by atoms with E-state index in [0.29, 0.717) is 11.6 Å². The standard InChI is InChI=1S/C13H19N3O2/c1-9(2)15(8-10-6-7-10)12-5-3-4-11(14)13(12)16(17)18/h3-5,9-10H,6-8,14H2,1-2H3. The van der Waals surface area contributed by atoms with Crippen molar-refractivity contribution in [2.45, 2.75) is 32.7 Å². The van der Waals surface area contributed by atoms with Crippen LogP contribution >= 0.6 is 0 Å². The van der Waals surface area contributed by atoms with Crippen LogP contribution in [0.5, 0.6) is 0 Å². The fourth-order valence-corrected chi connectivity index (χ4v) is 2.15. The lowest BCUT2D eigenvalue weighted by molar-refractivity contribution is -0.383. The molecule has 98 valence electrons. The highest BCUT2D eigenvalue weighted by Gasteiger charge is 2.30. The van der Waals surface area contributed by atoms with Crippen LogP contribution in [0.15, 0.2) is 18.2 Å². The van der Waals surface area contributed by atoms with Gasteiger partial charge in [-0.2, -0.15) is 0 Å². The zero-order chi connectivity index (χ0) is 13.3. The number of para-hydroxylation sites is 1. The molecule has 0 aliphatic heterocycles. The molecule has 18 heavy (non-hydrogen) atoms. The largest absolute Gasteiger partial charge is 0.393 e. The molecular weight excluding hydrogens is 230 g/mol. The summed E-state index contributed by atoms with van der Waals surface area (Å²) in [5.41, 5.74) is 6.65. The van der Waals surface area contributed by atoms with Gasteiger partial charge in [-0.25, -0.2) is 0 Å². The van der Waals surface area contributed by atoms with Gasteiger partial charge in [0.05, 0.1) is 4.92 Å². The summed E-state index contributed by atoms with van der Waals surface area (Å²) in [7, 11) is 0. The second-order valence-corrected chi connectivity index (χ2v) is 5.16. The Morgan fingerprint density at radius 3 is 2.67 bits per heavy atom. The summed E-state index contributed by atoms with van der Waals surface area (Å²) in [6.45, 7) is 4.98. The molecule has 0 heterocycles. The fourth-order valence-electron chi connectivity index (χ4n) is 2.15. The number of nitro groups is 1. The normalized spacial score (nSPS) is 14.8. The van der Waals surface area contributed by atoms with E-state index >= 15 is 0 Å². The van der Waals surface area contributed by atoms with Crippen molar-refractivity contribution >= 4 is 17.1 Å². The van der Waals surface area contributed by atoms with Gasteiger partial charge in [0.15, 0.2) is 0 Å². The number of anilines is 2. The molecule has 1 saturated carbocycles. The maximum Gasteiger partial charge on any atom is 0.315 e. The van der Waals surface area contributed by atoms with Gasteiger partial charge in [0, 0.05) is 12.6 Å². The number of rotatable bonds is 5. The molecule has 1 aliphatic rings. The molecular formula is C13H19N3O2. The van der Waals surface area contributed by atoms with E-state index in [1.165, 1.54) is 12.8 Å². The Morgan fingerprint density at radius 2 is 2.17 bits per heavy atom. The van der Waals surface area contributed by atoms with Crippen molar-refractivity contribution in [3.8, 4) is 0 Å². The highest BCUT2D eigenvalue weighted by atomic mass is 16.6. The van der Waals surface area contributed by atoms with E-state index in [0.717, 1.165) is 6.54 Å². The maximum atomic E-state index is 11.2. The van der Waals surface area contributed by atoms with Gasteiger partial charge in [-0.05, 0) is 44.7 Å². The lowest BCUT2D eigenvalue weighted by Crippen LogP contribution is -2.33. The Labute approximate surface area is 107 Å². The van der Waals surface area contributed by atoms with Gasteiger partial charge in [0.2, 0.25) is 0 Å². The van der Waals surface area contributed by atoms with Crippen LogP contribution in [0.3, 0.4) is 0 Å². The second-order valence-electron chi connectivity index (χ2n) is 5.16. The quantitative estimate of drug-likeness (QED) is 0.494. The van der Waals surface area contributed by atoms with Crippen molar-refractivity contribution in [1.82, 2.24) is 0 Å². The number of nitrogens with zero attached hydrogens (tertiary/aromatic N) is 2. The van der Waals surface area contributed by atoms with Crippen LogP contribution in [0.2, 0.25) is 0 Å². The van der Waals surface area contributed by atoms with Crippen LogP contribution in [0.4, 0.5) is 17.1 Å². The van der Waals surface area contributed by atoms with Crippen molar-refractivity contribution in [3.05, 3.63) is 28.3 Å². The number of hydrogen-bond donors (Lipinski definition) is 1. The molecule has 0 atom stereocenters. The molecule has 0 amide bonds. The first kappa shape index (κ1) is 12.7. The van der Waals surface area contributed by atoms with Gasteiger partial charge in [0.25, 0.3) is 0 Å². The molecule has 0 bridgehead atoms. The smallest absolute Gasteiger partial charge is 0.315 e. The lowest BCUT2D eigenvalue weighted by Gasteiger charge is -2.28. The summed E-state index contributed by atoms with van der Waals surface area (Å²) >= 11 is 0. The SMILES string of the molecule is CC(C)N(CC1CC1)c1cccc(N)c1[N+](=O)[O-]. The molecule has 0 unspecified atom stereocenters. The molecule has 1 fully saturated rings. The van der Waals surface area contributed by atoms with E-state index < -0.39 is 0 Å². The molecule has 0 radical (unpaired) electrons. The molecule has 5 heteroatoms. The van der Waals surface area contributed by atoms with Gasteiger partial charge in [-0.3, -0.25) is 10.1 Å². The van der Waals surface area contributed by atoms with E-state index in [4.69, 9.17) is 5.73 Å². The lowest BCUT2D eigenvalue weighted by atomic mass is 10.1. The molecule has 5 nitrogen and oxygen atoms in total. The minimum absolute atomic E-state index is 0.0341. The number of nitrogens with two attached hydrogens (primary N) is 1. The molecule has 0 aromatic heterocycles. The first-order chi connectivity index (χ1) is 8.50. The van der Waals surface area contributed by atoms with Crippen LogP contribution in [-0.2, 0) is 0 Å². The summed E-state index contributed by atoms with van der Waals surface area (Å²) in [6, 6.07) is 5.37. The Morgan fingerprint density at radius 1 is 1.50 bits per heavy atom. The van der Waals surface area contributed by atoms with Gasteiger partial charge < -0.3 is 10.6 Å². The highest BCUT2D eigenvalue weighted by Crippen LogP contribution is 2.38. The predicted octanol–water partition coefficient (Wildman–Crippen LogP) is 2.80. The summed E-state index contributed by atoms with van der Waals surface area (Å²) in [4.78, 5) is 12.9. The molecule has 0 spiro atoms. The minimum Gasteiger partial charge on any atom is -0.393 e. The predicted molar refractivity (Wildman–Crippen MR) is 72.7 cm³/mol. The van der Waals surface area contributed by atoms with Gasteiger partial charge >= 0.3 is 5.69 Å². The van der Waals surface area contributed by atoms with E-state index in [1.807, 2.05) is 0 Å². The molecule has 2 N–H and O–H groups in total. The molecule has 2 rings (SSSR count). The average Bonchev–Trinajstić information content (AvgIpc) is 3.08. The van der Waals surface area contributed by atoms with Crippen molar-refractivity contribution in [1.29, 1.82) is 0 Å². The van der Waals surface area contributed by atoms with E-state index in [9.17, 15) is 10.1 Å².